The molecule has 0 saturated carbocycles. The molecule has 0 unspecified atom stereocenters. The number of aromatic nitrogens is 3. The van der Waals surface area contributed by atoms with Gasteiger partial charge in [0.2, 0.25) is 0 Å². The quantitative estimate of drug-likeness (QED) is 0.602. The van der Waals surface area contributed by atoms with Crippen LogP contribution in [0.25, 0.3) is 28.0 Å². The van der Waals surface area contributed by atoms with Gasteiger partial charge in [-0.25, -0.2) is 18.9 Å². The molecule has 5 nitrogen and oxygen atoms in total. The molecule has 0 amide bonds. The Bertz CT molecular complexity index is 1130. The first-order valence-corrected chi connectivity index (χ1v) is 7.98. The summed E-state index contributed by atoms with van der Waals surface area (Å²) in [7, 11) is 0. The summed E-state index contributed by atoms with van der Waals surface area (Å²) in [5.74, 6) is -1.55. The number of rotatable bonds is 3. The average molecular weight is 347 g/mol. The molecule has 2 aromatic heterocycles. The van der Waals surface area contributed by atoms with Crippen molar-refractivity contribution >= 4 is 17.0 Å². The molecular formula is C20H14FN3O2. The first-order chi connectivity index (χ1) is 12.5. The smallest absolute Gasteiger partial charge is 0.336 e. The second-order valence-electron chi connectivity index (χ2n) is 5.97. The van der Waals surface area contributed by atoms with Gasteiger partial charge < -0.3 is 5.11 Å². The van der Waals surface area contributed by atoms with E-state index in [0.717, 1.165) is 11.1 Å². The molecule has 0 bridgehead atoms. The van der Waals surface area contributed by atoms with E-state index in [0.29, 0.717) is 16.7 Å². The van der Waals surface area contributed by atoms with Crippen LogP contribution >= 0.6 is 0 Å². The highest BCUT2D eigenvalue weighted by atomic mass is 19.1. The van der Waals surface area contributed by atoms with Crippen molar-refractivity contribution in [3.63, 3.8) is 0 Å². The number of carboxylic acid groups (broad SMARTS) is 1. The van der Waals surface area contributed by atoms with Crippen molar-refractivity contribution in [2.24, 2.45) is 0 Å². The minimum absolute atomic E-state index is 0.0770. The number of para-hydroxylation sites is 1. The number of fused-ring (bicyclic) bond motifs is 1. The van der Waals surface area contributed by atoms with Crippen molar-refractivity contribution in [2.75, 3.05) is 0 Å². The van der Waals surface area contributed by atoms with Crippen LogP contribution in [0.5, 0.6) is 0 Å². The van der Waals surface area contributed by atoms with Gasteiger partial charge in [-0.05, 0) is 25.1 Å². The third kappa shape index (κ3) is 2.61. The number of pyridine rings is 1. The van der Waals surface area contributed by atoms with E-state index in [9.17, 15) is 14.3 Å². The zero-order valence-corrected chi connectivity index (χ0v) is 13.8. The Labute approximate surface area is 148 Å². The number of aryl methyl sites for hydroxylation is 1. The van der Waals surface area contributed by atoms with Crippen molar-refractivity contribution in [1.82, 2.24) is 14.8 Å². The molecular weight excluding hydrogens is 333 g/mol. The minimum Gasteiger partial charge on any atom is -0.478 e. The fraction of sp³-hybridized carbons (Fsp3) is 0.0500. The number of carboxylic acids is 1. The lowest BCUT2D eigenvalue weighted by atomic mass is 10.1. The molecule has 0 spiro atoms. The maximum atomic E-state index is 14.2. The van der Waals surface area contributed by atoms with Crippen molar-refractivity contribution in [3.8, 4) is 16.9 Å². The van der Waals surface area contributed by atoms with Gasteiger partial charge in [0.25, 0.3) is 0 Å². The number of carbonyl (C=O) groups is 1. The van der Waals surface area contributed by atoms with Crippen molar-refractivity contribution < 1.29 is 14.3 Å². The summed E-state index contributed by atoms with van der Waals surface area (Å²) < 4.78 is 15.5. The highest BCUT2D eigenvalue weighted by Gasteiger charge is 2.18. The van der Waals surface area contributed by atoms with Crippen LogP contribution < -0.4 is 0 Å². The predicted molar refractivity (Wildman–Crippen MR) is 96.0 cm³/mol. The lowest BCUT2D eigenvalue weighted by molar-refractivity contribution is 0.0699. The second kappa shape index (κ2) is 6.07. The molecule has 26 heavy (non-hydrogen) atoms. The summed E-state index contributed by atoms with van der Waals surface area (Å²) in [6.45, 7) is 1.97. The highest BCUT2D eigenvalue weighted by Crippen LogP contribution is 2.27. The van der Waals surface area contributed by atoms with Gasteiger partial charge in [0.15, 0.2) is 5.65 Å². The number of aromatic carboxylic acids is 1. The van der Waals surface area contributed by atoms with Crippen LogP contribution in [0.4, 0.5) is 4.39 Å². The maximum Gasteiger partial charge on any atom is 0.336 e. The lowest BCUT2D eigenvalue weighted by Gasteiger charge is -2.08. The standard InChI is InChI=1S/C20H14FN3O2/c1-12-6-8-13(9-7-12)17-10-14(20(25)26)15-11-22-24(19(15)23-17)18-5-3-2-4-16(18)21/h2-11H,1H3,(H,25,26). The van der Waals surface area contributed by atoms with Gasteiger partial charge >= 0.3 is 5.97 Å². The number of benzene rings is 2. The fourth-order valence-corrected chi connectivity index (χ4v) is 2.85. The molecule has 0 fully saturated rings. The van der Waals surface area contributed by atoms with E-state index in [4.69, 9.17) is 0 Å². The molecule has 0 radical (unpaired) electrons. The molecule has 1 N–H and O–H groups in total. The summed E-state index contributed by atoms with van der Waals surface area (Å²) in [6, 6.07) is 15.3. The first kappa shape index (κ1) is 16.0. The first-order valence-electron chi connectivity index (χ1n) is 7.98. The van der Waals surface area contributed by atoms with Crippen molar-refractivity contribution in [3.05, 3.63) is 77.7 Å². The van der Waals surface area contributed by atoms with E-state index < -0.39 is 11.8 Å². The van der Waals surface area contributed by atoms with Crippen LogP contribution in [0.15, 0.2) is 60.8 Å². The molecule has 0 saturated heterocycles. The van der Waals surface area contributed by atoms with Crippen LogP contribution in [-0.4, -0.2) is 25.8 Å². The number of hydrogen-bond donors (Lipinski definition) is 1. The third-order valence-corrected chi connectivity index (χ3v) is 4.20. The summed E-state index contributed by atoms with van der Waals surface area (Å²) in [5.41, 5.74) is 2.95. The van der Waals surface area contributed by atoms with Gasteiger partial charge in [0.05, 0.1) is 22.8 Å². The van der Waals surface area contributed by atoms with Gasteiger partial charge in [-0.2, -0.15) is 5.10 Å². The topological polar surface area (TPSA) is 68.0 Å². The van der Waals surface area contributed by atoms with Crippen LogP contribution in [0.2, 0.25) is 0 Å². The van der Waals surface area contributed by atoms with E-state index in [1.165, 1.54) is 23.0 Å². The number of halogens is 1. The maximum absolute atomic E-state index is 14.2. The van der Waals surface area contributed by atoms with Crippen LogP contribution in [0.1, 0.15) is 15.9 Å². The molecule has 128 valence electrons. The molecule has 2 aromatic carbocycles. The Morgan fingerprint density at radius 1 is 1.12 bits per heavy atom. The number of hydrogen-bond acceptors (Lipinski definition) is 3. The van der Waals surface area contributed by atoms with Crippen LogP contribution in [0, 0.1) is 12.7 Å². The van der Waals surface area contributed by atoms with Gasteiger partial charge in [-0.3, -0.25) is 0 Å². The molecule has 2 heterocycles. The van der Waals surface area contributed by atoms with Gasteiger partial charge in [-0.1, -0.05) is 42.0 Å². The van der Waals surface area contributed by atoms with Crippen LogP contribution in [-0.2, 0) is 0 Å². The monoisotopic (exact) mass is 347 g/mol. The van der Waals surface area contributed by atoms with Crippen molar-refractivity contribution in [2.45, 2.75) is 6.92 Å². The Kier molecular flexibility index (Phi) is 3.73. The van der Waals surface area contributed by atoms with Gasteiger partial charge in [0.1, 0.15) is 11.5 Å². The summed E-state index contributed by atoms with van der Waals surface area (Å²) in [5, 5.41) is 14.1. The number of nitrogens with zero attached hydrogens (tertiary/aromatic N) is 3. The fourth-order valence-electron chi connectivity index (χ4n) is 2.85. The van der Waals surface area contributed by atoms with E-state index in [1.807, 2.05) is 31.2 Å². The molecule has 4 aromatic rings. The van der Waals surface area contributed by atoms with Crippen molar-refractivity contribution in [1.29, 1.82) is 0 Å². The predicted octanol–water partition coefficient (Wildman–Crippen LogP) is 4.23. The van der Waals surface area contributed by atoms with E-state index in [-0.39, 0.29) is 11.3 Å². The van der Waals surface area contributed by atoms with E-state index >= 15 is 0 Å². The molecule has 0 aliphatic heterocycles. The summed E-state index contributed by atoms with van der Waals surface area (Å²) in [6.07, 6.45) is 1.40. The second-order valence-corrected chi connectivity index (χ2v) is 5.97. The van der Waals surface area contributed by atoms with E-state index in [2.05, 4.69) is 10.1 Å². The minimum atomic E-state index is -1.08. The Balaban J connectivity index is 2.01. The SMILES string of the molecule is Cc1ccc(-c2cc(C(=O)O)c3cnn(-c4ccccc4F)c3n2)cc1. The Morgan fingerprint density at radius 3 is 2.54 bits per heavy atom. The Morgan fingerprint density at radius 2 is 1.85 bits per heavy atom. The Hall–Kier alpha value is -3.54. The molecule has 6 heteroatoms. The average Bonchev–Trinajstić information content (AvgIpc) is 3.05. The largest absolute Gasteiger partial charge is 0.478 e. The zero-order chi connectivity index (χ0) is 18.3. The summed E-state index contributed by atoms with van der Waals surface area (Å²) >= 11 is 0. The normalized spacial score (nSPS) is 11.0. The third-order valence-electron chi connectivity index (χ3n) is 4.20. The lowest BCUT2D eigenvalue weighted by Crippen LogP contribution is -2.03. The molecule has 0 atom stereocenters. The van der Waals surface area contributed by atoms with Crippen LogP contribution in [0.3, 0.4) is 0 Å². The molecule has 0 aliphatic carbocycles. The highest BCUT2D eigenvalue weighted by molar-refractivity contribution is 6.03. The van der Waals surface area contributed by atoms with E-state index in [1.54, 1.807) is 18.2 Å². The zero-order valence-electron chi connectivity index (χ0n) is 13.8. The summed E-state index contributed by atoms with van der Waals surface area (Å²) in [4.78, 5) is 16.3. The van der Waals surface area contributed by atoms with Gasteiger partial charge in [-0.15, -0.1) is 0 Å². The van der Waals surface area contributed by atoms with Gasteiger partial charge in [0, 0.05) is 5.56 Å². The molecule has 4 rings (SSSR count). The molecule has 0 aliphatic rings.